The summed E-state index contributed by atoms with van der Waals surface area (Å²) in [7, 11) is 0. The lowest BCUT2D eigenvalue weighted by molar-refractivity contribution is 0.103. The maximum Gasteiger partial charge on any atom is 0.196 e. The van der Waals surface area contributed by atoms with Crippen molar-refractivity contribution in [3.63, 3.8) is 0 Å². The van der Waals surface area contributed by atoms with Gasteiger partial charge in [-0.3, -0.25) is 4.79 Å². The van der Waals surface area contributed by atoms with Crippen LogP contribution in [0.2, 0.25) is 5.15 Å². The minimum absolute atomic E-state index is 0.0794. The molecule has 3 heteroatoms. The molecule has 2 nitrogen and oxygen atoms in total. The number of carbonyl (C=O) groups excluding carboxylic acids is 1. The quantitative estimate of drug-likeness (QED) is 0.598. The zero-order valence-electron chi connectivity index (χ0n) is 9.70. The fourth-order valence-electron chi connectivity index (χ4n) is 1.68. The normalized spacial score (nSPS) is 10.3. The minimum Gasteiger partial charge on any atom is -0.288 e. The number of nitrogens with zero attached hydrogens (tertiary/aromatic N) is 1. The van der Waals surface area contributed by atoms with E-state index in [0.29, 0.717) is 11.1 Å². The molecular formula is C14H12ClNO. The van der Waals surface area contributed by atoms with E-state index < -0.39 is 0 Å². The molecule has 0 saturated heterocycles. The van der Waals surface area contributed by atoms with E-state index in [4.69, 9.17) is 11.6 Å². The van der Waals surface area contributed by atoms with Crippen molar-refractivity contribution >= 4 is 17.4 Å². The van der Waals surface area contributed by atoms with Gasteiger partial charge in [0.05, 0.1) is 5.56 Å². The predicted octanol–water partition coefficient (Wildman–Crippen LogP) is 3.58. The number of aryl methyl sites for hydroxylation is 2. The second-order valence-corrected chi connectivity index (χ2v) is 4.35. The largest absolute Gasteiger partial charge is 0.288 e. The first kappa shape index (κ1) is 11.8. The number of aromatic nitrogens is 1. The second kappa shape index (κ2) is 4.68. The van der Waals surface area contributed by atoms with Crippen LogP contribution in [0.5, 0.6) is 0 Å². The lowest BCUT2D eigenvalue weighted by Crippen LogP contribution is -2.05. The van der Waals surface area contributed by atoms with Crippen LogP contribution in [0.1, 0.15) is 27.0 Å². The highest BCUT2D eigenvalue weighted by molar-refractivity contribution is 6.33. The standard InChI is InChI=1S/C14H12ClNO/c1-9-5-6-10(2)12(8-9)13(17)11-4-3-7-16-14(11)15/h3-8H,1-2H3. The summed E-state index contributed by atoms with van der Waals surface area (Å²) in [6, 6.07) is 9.20. The Hall–Kier alpha value is -1.67. The van der Waals surface area contributed by atoms with E-state index in [2.05, 4.69) is 4.98 Å². The smallest absolute Gasteiger partial charge is 0.196 e. The Morgan fingerprint density at radius 1 is 1.18 bits per heavy atom. The molecule has 0 aliphatic rings. The lowest BCUT2D eigenvalue weighted by atomic mass is 9.98. The molecule has 17 heavy (non-hydrogen) atoms. The van der Waals surface area contributed by atoms with Crippen molar-refractivity contribution in [1.82, 2.24) is 4.98 Å². The summed E-state index contributed by atoms with van der Waals surface area (Å²) in [6.45, 7) is 3.87. The molecule has 0 N–H and O–H groups in total. The first-order valence-electron chi connectivity index (χ1n) is 5.32. The first-order chi connectivity index (χ1) is 8.09. The molecule has 0 unspecified atom stereocenters. The summed E-state index contributed by atoms with van der Waals surface area (Å²) >= 11 is 5.93. The fourth-order valence-corrected chi connectivity index (χ4v) is 1.89. The van der Waals surface area contributed by atoms with Crippen LogP contribution in [0.15, 0.2) is 36.5 Å². The SMILES string of the molecule is Cc1ccc(C)c(C(=O)c2cccnc2Cl)c1. The Kier molecular flexibility index (Phi) is 3.25. The van der Waals surface area contributed by atoms with Gasteiger partial charge >= 0.3 is 0 Å². The predicted molar refractivity (Wildman–Crippen MR) is 68.6 cm³/mol. The third kappa shape index (κ3) is 2.37. The minimum atomic E-state index is -0.0794. The molecule has 0 aliphatic heterocycles. The van der Waals surface area contributed by atoms with Crippen molar-refractivity contribution in [3.8, 4) is 0 Å². The molecule has 0 spiro atoms. The van der Waals surface area contributed by atoms with Gasteiger partial charge in [0.2, 0.25) is 0 Å². The maximum atomic E-state index is 12.3. The van der Waals surface area contributed by atoms with Crippen LogP contribution in [0.3, 0.4) is 0 Å². The van der Waals surface area contributed by atoms with Crippen LogP contribution in [0, 0.1) is 13.8 Å². The van der Waals surface area contributed by atoms with Gasteiger partial charge in [-0.25, -0.2) is 4.98 Å². The Labute approximate surface area is 105 Å². The molecule has 0 radical (unpaired) electrons. The van der Waals surface area contributed by atoms with Gasteiger partial charge in [0, 0.05) is 11.8 Å². The number of ketones is 1. The van der Waals surface area contributed by atoms with Crippen LogP contribution in [-0.4, -0.2) is 10.8 Å². The molecule has 0 atom stereocenters. The maximum absolute atomic E-state index is 12.3. The van der Waals surface area contributed by atoms with Crippen LogP contribution in [0.4, 0.5) is 0 Å². The highest BCUT2D eigenvalue weighted by Crippen LogP contribution is 2.19. The summed E-state index contributed by atoms with van der Waals surface area (Å²) in [5.74, 6) is -0.0794. The fraction of sp³-hybridized carbons (Fsp3) is 0.143. The molecule has 2 rings (SSSR count). The first-order valence-corrected chi connectivity index (χ1v) is 5.70. The molecule has 1 aromatic carbocycles. The van der Waals surface area contributed by atoms with Crippen molar-refractivity contribution in [2.45, 2.75) is 13.8 Å². The average Bonchev–Trinajstić information content (AvgIpc) is 2.32. The van der Waals surface area contributed by atoms with Crippen molar-refractivity contribution in [3.05, 3.63) is 63.9 Å². The monoisotopic (exact) mass is 245 g/mol. The number of pyridine rings is 1. The number of halogens is 1. The third-order valence-electron chi connectivity index (χ3n) is 2.64. The molecule has 0 fully saturated rings. The van der Waals surface area contributed by atoms with Crippen molar-refractivity contribution in [2.24, 2.45) is 0 Å². The van der Waals surface area contributed by atoms with E-state index in [-0.39, 0.29) is 10.9 Å². The van der Waals surface area contributed by atoms with Gasteiger partial charge in [0.25, 0.3) is 0 Å². The number of hydrogen-bond acceptors (Lipinski definition) is 2. The average molecular weight is 246 g/mol. The van der Waals surface area contributed by atoms with Gasteiger partial charge in [-0.15, -0.1) is 0 Å². The van der Waals surface area contributed by atoms with E-state index in [1.54, 1.807) is 18.3 Å². The lowest BCUT2D eigenvalue weighted by Gasteiger charge is -2.07. The van der Waals surface area contributed by atoms with Crippen LogP contribution in [-0.2, 0) is 0 Å². The van der Waals surface area contributed by atoms with E-state index >= 15 is 0 Å². The molecule has 2 aromatic rings. The van der Waals surface area contributed by atoms with E-state index in [9.17, 15) is 4.79 Å². The number of benzene rings is 1. The van der Waals surface area contributed by atoms with Gasteiger partial charge in [-0.05, 0) is 37.6 Å². The Bertz CT molecular complexity index is 578. The highest BCUT2D eigenvalue weighted by atomic mass is 35.5. The molecular weight excluding hydrogens is 234 g/mol. The second-order valence-electron chi connectivity index (χ2n) is 3.99. The highest BCUT2D eigenvalue weighted by Gasteiger charge is 2.15. The van der Waals surface area contributed by atoms with E-state index in [1.165, 1.54) is 0 Å². The molecule has 1 aromatic heterocycles. The van der Waals surface area contributed by atoms with E-state index in [1.807, 2.05) is 32.0 Å². The molecule has 0 bridgehead atoms. The van der Waals surface area contributed by atoms with Gasteiger partial charge in [-0.2, -0.15) is 0 Å². The van der Waals surface area contributed by atoms with E-state index in [0.717, 1.165) is 11.1 Å². The summed E-state index contributed by atoms with van der Waals surface area (Å²) < 4.78 is 0. The number of carbonyl (C=O) groups is 1. The van der Waals surface area contributed by atoms with Crippen LogP contribution >= 0.6 is 11.6 Å². The van der Waals surface area contributed by atoms with Gasteiger partial charge in [0.1, 0.15) is 5.15 Å². The van der Waals surface area contributed by atoms with Gasteiger partial charge in [0.15, 0.2) is 5.78 Å². The molecule has 86 valence electrons. The summed E-state index contributed by atoms with van der Waals surface area (Å²) in [4.78, 5) is 16.2. The summed E-state index contributed by atoms with van der Waals surface area (Å²) in [5, 5.41) is 0.249. The Balaban J connectivity index is 2.51. The molecule has 0 saturated carbocycles. The van der Waals surface area contributed by atoms with Crippen molar-refractivity contribution < 1.29 is 4.79 Å². The van der Waals surface area contributed by atoms with Crippen molar-refractivity contribution in [2.75, 3.05) is 0 Å². The van der Waals surface area contributed by atoms with Crippen LogP contribution in [0.25, 0.3) is 0 Å². The van der Waals surface area contributed by atoms with Crippen molar-refractivity contribution in [1.29, 1.82) is 0 Å². The number of rotatable bonds is 2. The molecule has 0 aliphatic carbocycles. The van der Waals surface area contributed by atoms with Gasteiger partial charge in [-0.1, -0.05) is 29.3 Å². The summed E-state index contributed by atoms with van der Waals surface area (Å²) in [5.41, 5.74) is 3.13. The summed E-state index contributed by atoms with van der Waals surface area (Å²) in [6.07, 6.45) is 1.57. The topological polar surface area (TPSA) is 30.0 Å². The van der Waals surface area contributed by atoms with Crippen LogP contribution < -0.4 is 0 Å². The third-order valence-corrected chi connectivity index (χ3v) is 2.94. The molecule has 1 heterocycles. The Morgan fingerprint density at radius 2 is 1.94 bits per heavy atom. The Morgan fingerprint density at radius 3 is 2.65 bits per heavy atom. The zero-order chi connectivity index (χ0) is 12.4. The number of hydrogen-bond donors (Lipinski definition) is 0. The van der Waals surface area contributed by atoms with Gasteiger partial charge < -0.3 is 0 Å². The zero-order valence-corrected chi connectivity index (χ0v) is 10.5. The molecule has 0 amide bonds.